The van der Waals surface area contributed by atoms with Crippen molar-refractivity contribution in [1.82, 2.24) is 9.78 Å². The number of hydrogen-bond acceptors (Lipinski definition) is 3. The Balaban J connectivity index is 2.23. The summed E-state index contributed by atoms with van der Waals surface area (Å²) >= 11 is 0. The topological polar surface area (TPSA) is 64.1 Å². The highest BCUT2D eigenvalue weighted by molar-refractivity contribution is 5.25. The molecule has 1 aliphatic rings. The quantitative estimate of drug-likeness (QED) is 0.662. The first-order chi connectivity index (χ1) is 6.16. The van der Waals surface area contributed by atoms with E-state index in [-0.39, 0.29) is 11.5 Å². The fourth-order valence-electron chi connectivity index (χ4n) is 2.06. The van der Waals surface area contributed by atoms with Crippen molar-refractivity contribution < 1.29 is 5.11 Å². The smallest absolute Gasteiger partial charge is 0.0558 e. The van der Waals surface area contributed by atoms with Crippen molar-refractivity contribution in [2.75, 3.05) is 6.54 Å². The Kier molecular flexibility index (Phi) is 1.89. The summed E-state index contributed by atoms with van der Waals surface area (Å²) in [6.07, 6.45) is 5.20. The molecule has 0 unspecified atom stereocenters. The molecule has 0 aliphatic heterocycles. The van der Waals surface area contributed by atoms with E-state index in [1.807, 2.05) is 19.4 Å². The summed E-state index contributed by atoms with van der Waals surface area (Å²) in [7, 11) is 1.89. The van der Waals surface area contributed by atoms with Gasteiger partial charge in [-0.3, -0.25) is 4.68 Å². The summed E-state index contributed by atoms with van der Waals surface area (Å²) in [5.41, 5.74) is 6.87. The van der Waals surface area contributed by atoms with Crippen LogP contribution in [0.25, 0.3) is 0 Å². The summed E-state index contributed by atoms with van der Waals surface area (Å²) in [5.74, 6) is 0. The van der Waals surface area contributed by atoms with E-state index in [0.29, 0.717) is 6.54 Å². The van der Waals surface area contributed by atoms with Crippen LogP contribution in [0.5, 0.6) is 0 Å². The number of aliphatic hydroxyl groups excluding tert-OH is 1. The molecule has 4 nitrogen and oxygen atoms in total. The van der Waals surface area contributed by atoms with Crippen LogP contribution in [0.2, 0.25) is 0 Å². The molecule has 0 amide bonds. The number of nitrogens with two attached hydrogens (primary N) is 1. The van der Waals surface area contributed by atoms with E-state index < -0.39 is 0 Å². The van der Waals surface area contributed by atoms with Crippen molar-refractivity contribution in [1.29, 1.82) is 0 Å². The largest absolute Gasteiger partial charge is 0.393 e. The SMILES string of the molecule is Cn1cc(C2(CN)CC(O)C2)cn1. The van der Waals surface area contributed by atoms with Gasteiger partial charge in [-0.05, 0) is 18.4 Å². The Morgan fingerprint density at radius 2 is 2.46 bits per heavy atom. The van der Waals surface area contributed by atoms with Crippen molar-refractivity contribution >= 4 is 0 Å². The maximum atomic E-state index is 9.30. The van der Waals surface area contributed by atoms with E-state index in [4.69, 9.17) is 5.73 Å². The first-order valence-corrected chi connectivity index (χ1v) is 4.53. The monoisotopic (exact) mass is 181 g/mol. The highest BCUT2D eigenvalue weighted by Gasteiger charge is 2.44. The van der Waals surface area contributed by atoms with Gasteiger partial charge < -0.3 is 10.8 Å². The Hall–Kier alpha value is -0.870. The first-order valence-electron chi connectivity index (χ1n) is 4.53. The molecule has 0 bridgehead atoms. The molecule has 0 spiro atoms. The molecule has 1 aromatic rings. The summed E-state index contributed by atoms with van der Waals surface area (Å²) in [5, 5.41) is 13.4. The predicted octanol–water partition coefficient (Wildman–Crippen LogP) is -0.229. The second kappa shape index (κ2) is 2.82. The molecule has 0 radical (unpaired) electrons. The molecule has 1 saturated carbocycles. The van der Waals surface area contributed by atoms with Crippen LogP contribution in [0.4, 0.5) is 0 Å². The Morgan fingerprint density at radius 1 is 1.77 bits per heavy atom. The number of aromatic nitrogens is 2. The minimum Gasteiger partial charge on any atom is -0.393 e. The lowest BCUT2D eigenvalue weighted by Gasteiger charge is -2.44. The zero-order valence-corrected chi connectivity index (χ0v) is 7.77. The van der Waals surface area contributed by atoms with Crippen molar-refractivity contribution in [2.45, 2.75) is 24.4 Å². The highest BCUT2D eigenvalue weighted by Crippen LogP contribution is 2.42. The van der Waals surface area contributed by atoms with E-state index in [1.54, 1.807) is 4.68 Å². The van der Waals surface area contributed by atoms with E-state index in [2.05, 4.69) is 5.10 Å². The number of nitrogens with zero attached hydrogens (tertiary/aromatic N) is 2. The second-order valence-electron chi connectivity index (χ2n) is 3.95. The number of hydrogen-bond donors (Lipinski definition) is 2. The average molecular weight is 181 g/mol. The molecule has 0 atom stereocenters. The number of aryl methyl sites for hydroxylation is 1. The second-order valence-corrected chi connectivity index (χ2v) is 3.95. The van der Waals surface area contributed by atoms with Crippen LogP contribution in [0.15, 0.2) is 12.4 Å². The minimum atomic E-state index is -0.177. The molecular weight excluding hydrogens is 166 g/mol. The normalized spacial score (nSPS) is 33.0. The molecule has 1 heterocycles. The molecule has 2 rings (SSSR count). The molecule has 1 aliphatic carbocycles. The molecule has 72 valence electrons. The van der Waals surface area contributed by atoms with Gasteiger partial charge in [0.15, 0.2) is 0 Å². The Labute approximate surface area is 77.4 Å². The van der Waals surface area contributed by atoms with Crippen molar-refractivity contribution in [3.8, 4) is 0 Å². The first kappa shape index (κ1) is 8.72. The van der Waals surface area contributed by atoms with E-state index in [0.717, 1.165) is 18.4 Å². The molecule has 3 N–H and O–H groups in total. The van der Waals surface area contributed by atoms with Crippen molar-refractivity contribution in [3.63, 3.8) is 0 Å². The van der Waals surface area contributed by atoms with Crippen molar-refractivity contribution in [3.05, 3.63) is 18.0 Å². The molecule has 0 aromatic carbocycles. The van der Waals surface area contributed by atoms with Crippen LogP contribution in [-0.2, 0) is 12.5 Å². The average Bonchev–Trinajstić information content (AvgIpc) is 2.46. The molecular formula is C9H15N3O. The summed E-state index contributed by atoms with van der Waals surface area (Å²) in [6, 6.07) is 0. The van der Waals surface area contributed by atoms with Crippen LogP contribution in [0.1, 0.15) is 18.4 Å². The van der Waals surface area contributed by atoms with Gasteiger partial charge in [0.05, 0.1) is 12.3 Å². The lowest BCUT2D eigenvalue weighted by Crippen LogP contribution is -2.49. The zero-order chi connectivity index (χ0) is 9.47. The van der Waals surface area contributed by atoms with Gasteiger partial charge in [-0.2, -0.15) is 5.10 Å². The third-order valence-corrected chi connectivity index (χ3v) is 2.96. The molecule has 1 aromatic heterocycles. The van der Waals surface area contributed by atoms with Gasteiger partial charge in [0, 0.05) is 25.2 Å². The minimum absolute atomic E-state index is 0.00627. The highest BCUT2D eigenvalue weighted by atomic mass is 16.3. The van der Waals surface area contributed by atoms with E-state index in [9.17, 15) is 5.11 Å². The van der Waals surface area contributed by atoms with Gasteiger partial charge in [-0.1, -0.05) is 0 Å². The lowest BCUT2D eigenvalue weighted by molar-refractivity contribution is 0.0221. The summed E-state index contributed by atoms with van der Waals surface area (Å²) < 4.78 is 1.78. The Bertz CT molecular complexity index is 302. The van der Waals surface area contributed by atoms with E-state index >= 15 is 0 Å². The fourth-order valence-corrected chi connectivity index (χ4v) is 2.06. The van der Waals surface area contributed by atoms with Gasteiger partial charge in [0.2, 0.25) is 0 Å². The molecule has 0 saturated heterocycles. The predicted molar refractivity (Wildman–Crippen MR) is 49.2 cm³/mol. The number of rotatable bonds is 2. The van der Waals surface area contributed by atoms with Crippen LogP contribution in [0.3, 0.4) is 0 Å². The maximum absolute atomic E-state index is 9.30. The summed E-state index contributed by atoms with van der Waals surface area (Å²) in [6.45, 7) is 0.593. The Morgan fingerprint density at radius 3 is 2.85 bits per heavy atom. The maximum Gasteiger partial charge on any atom is 0.0558 e. The molecule has 4 heteroatoms. The van der Waals surface area contributed by atoms with Gasteiger partial charge in [0.25, 0.3) is 0 Å². The van der Waals surface area contributed by atoms with E-state index in [1.165, 1.54) is 0 Å². The fraction of sp³-hybridized carbons (Fsp3) is 0.667. The van der Waals surface area contributed by atoms with Gasteiger partial charge >= 0.3 is 0 Å². The third-order valence-electron chi connectivity index (χ3n) is 2.96. The molecule has 1 fully saturated rings. The lowest BCUT2D eigenvalue weighted by atomic mass is 9.63. The van der Waals surface area contributed by atoms with Gasteiger partial charge in [-0.25, -0.2) is 0 Å². The van der Waals surface area contributed by atoms with Crippen molar-refractivity contribution in [2.24, 2.45) is 12.8 Å². The van der Waals surface area contributed by atoms with Gasteiger partial charge in [0.1, 0.15) is 0 Å². The third kappa shape index (κ3) is 1.26. The standard InChI is InChI=1S/C9H15N3O/c1-12-5-7(4-11-12)9(6-10)2-8(13)3-9/h4-5,8,13H,2-3,6,10H2,1H3. The van der Waals surface area contributed by atoms with Crippen LogP contribution in [0, 0.1) is 0 Å². The molecule has 13 heavy (non-hydrogen) atoms. The van der Waals surface area contributed by atoms with Crippen LogP contribution in [-0.4, -0.2) is 27.5 Å². The van der Waals surface area contributed by atoms with Gasteiger partial charge in [-0.15, -0.1) is 0 Å². The van der Waals surface area contributed by atoms with Crippen LogP contribution < -0.4 is 5.73 Å². The summed E-state index contributed by atoms with van der Waals surface area (Å²) in [4.78, 5) is 0. The van der Waals surface area contributed by atoms with Crippen LogP contribution >= 0.6 is 0 Å². The zero-order valence-electron chi connectivity index (χ0n) is 7.77. The number of aliphatic hydroxyl groups is 1.